The number of aliphatic carboxylic acids is 1. The van der Waals surface area contributed by atoms with Gasteiger partial charge in [0, 0.05) is 18.9 Å². The zero-order chi connectivity index (χ0) is 23.5. The number of carboxylic acid groups (broad SMARTS) is 1. The number of halogens is 1. The third kappa shape index (κ3) is 4.27. The lowest BCUT2D eigenvalue weighted by Crippen LogP contribution is -2.56. The fourth-order valence-corrected chi connectivity index (χ4v) is 5.69. The van der Waals surface area contributed by atoms with Crippen LogP contribution in [-0.2, 0) is 22.6 Å². The number of aromatic nitrogens is 3. The van der Waals surface area contributed by atoms with Crippen molar-refractivity contribution in [2.45, 2.75) is 30.9 Å². The van der Waals surface area contributed by atoms with Crippen LogP contribution in [0.1, 0.15) is 17.7 Å². The number of hydrogen-bond acceptors (Lipinski definition) is 5. The van der Waals surface area contributed by atoms with Crippen LogP contribution < -0.4 is 5.32 Å². The van der Waals surface area contributed by atoms with E-state index < -0.39 is 16.8 Å². The van der Waals surface area contributed by atoms with E-state index in [1.54, 1.807) is 12.3 Å². The zero-order valence-corrected chi connectivity index (χ0v) is 19.4. The summed E-state index contributed by atoms with van der Waals surface area (Å²) in [5.74, 6) is -1.22. The number of fused-ring (bicyclic) bond motifs is 1. The molecule has 176 valence electrons. The van der Waals surface area contributed by atoms with Crippen molar-refractivity contribution < 1.29 is 14.6 Å². The molecule has 2 heterocycles. The first-order chi connectivity index (χ1) is 16.6. The number of benzene rings is 2. The maximum atomic E-state index is 12.8. The number of nitrogens with zero attached hydrogens (tertiary/aromatic N) is 2. The molecule has 1 fully saturated rings. The molecule has 8 heteroatoms. The smallest absolute Gasteiger partial charge is 0.315 e. The largest absolute Gasteiger partial charge is 0.481 e. The molecule has 4 atom stereocenters. The van der Waals surface area contributed by atoms with Crippen LogP contribution >= 0.6 is 11.6 Å². The quantitative estimate of drug-likeness (QED) is 0.446. The minimum Gasteiger partial charge on any atom is -0.481 e. The Morgan fingerprint density at radius 2 is 2.09 bits per heavy atom. The molecule has 7 nitrogen and oxygen atoms in total. The molecule has 1 aromatic heterocycles. The molecule has 1 aliphatic heterocycles. The minimum atomic E-state index is -1.27. The molecule has 0 saturated carbocycles. The van der Waals surface area contributed by atoms with Gasteiger partial charge in [-0.15, -0.1) is 11.6 Å². The molecule has 3 aromatic rings. The maximum absolute atomic E-state index is 12.8. The first kappa shape index (κ1) is 22.8. The highest BCUT2D eigenvalue weighted by Crippen LogP contribution is 2.47. The zero-order valence-electron chi connectivity index (χ0n) is 18.7. The van der Waals surface area contributed by atoms with E-state index in [0.717, 1.165) is 28.8 Å². The summed E-state index contributed by atoms with van der Waals surface area (Å²) >= 11 is 6.96. The number of ether oxygens (including phenoxy) is 1. The molecule has 2 aromatic carbocycles. The third-order valence-corrected chi connectivity index (χ3v) is 7.61. The minimum absolute atomic E-state index is 0.286. The molecular weight excluding hydrogens is 452 g/mol. The topological polar surface area (TPSA) is 100 Å². The van der Waals surface area contributed by atoms with Gasteiger partial charge in [-0.05, 0) is 40.9 Å². The number of carbonyl (C=O) groups is 1. The summed E-state index contributed by atoms with van der Waals surface area (Å²) in [6.45, 7) is 1.70. The van der Waals surface area contributed by atoms with Gasteiger partial charge in [-0.25, -0.2) is 0 Å². The van der Waals surface area contributed by atoms with Gasteiger partial charge in [0.2, 0.25) is 0 Å². The Morgan fingerprint density at radius 3 is 2.88 bits per heavy atom. The van der Waals surface area contributed by atoms with Crippen molar-refractivity contribution in [3.05, 3.63) is 83.7 Å². The van der Waals surface area contributed by atoms with Crippen LogP contribution in [-0.4, -0.2) is 51.1 Å². The van der Waals surface area contributed by atoms with Crippen molar-refractivity contribution in [1.29, 1.82) is 0 Å². The van der Waals surface area contributed by atoms with Crippen LogP contribution in [0.4, 0.5) is 0 Å². The molecule has 0 spiro atoms. The predicted molar refractivity (Wildman–Crippen MR) is 131 cm³/mol. The van der Waals surface area contributed by atoms with E-state index in [4.69, 9.17) is 16.3 Å². The van der Waals surface area contributed by atoms with E-state index in [1.807, 2.05) is 24.3 Å². The van der Waals surface area contributed by atoms with Gasteiger partial charge >= 0.3 is 5.97 Å². The maximum Gasteiger partial charge on any atom is 0.315 e. The Hall–Kier alpha value is -3.00. The van der Waals surface area contributed by atoms with Crippen molar-refractivity contribution in [2.75, 3.05) is 13.1 Å². The molecule has 1 saturated heterocycles. The monoisotopic (exact) mass is 478 g/mol. The fraction of sp³-hybridized carbons (Fsp3) is 0.346. The summed E-state index contributed by atoms with van der Waals surface area (Å²) in [6.07, 6.45) is 7.88. The Morgan fingerprint density at radius 1 is 1.24 bits per heavy atom. The Bertz CT molecular complexity index is 1230. The summed E-state index contributed by atoms with van der Waals surface area (Å²) < 4.78 is 6.38. The van der Waals surface area contributed by atoms with Crippen molar-refractivity contribution in [2.24, 2.45) is 11.3 Å². The Balaban J connectivity index is 1.38. The van der Waals surface area contributed by atoms with Crippen LogP contribution in [0, 0.1) is 11.3 Å². The second kappa shape index (κ2) is 9.70. The van der Waals surface area contributed by atoms with Crippen LogP contribution in [0.2, 0.25) is 0 Å². The van der Waals surface area contributed by atoms with E-state index in [2.05, 4.69) is 51.1 Å². The summed E-state index contributed by atoms with van der Waals surface area (Å²) in [5, 5.41) is 26.0. The number of alkyl halides is 1. The van der Waals surface area contributed by atoms with Gasteiger partial charge in [-0.3, -0.25) is 4.79 Å². The molecule has 5 rings (SSSR count). The van der Waals surface area contributed by atoms with Crippen molar-refractivity contribution in [1.82, 2.24) is 20.7 Å². The molecule has 4 unspecified atom stereocenters. The summed E-state index contributed by atoms with van der Waals surface area (Å²) in [4.78, 5) is 12.8. The SMILES string of the molecule is O=C(O)C1(C2CCNCC2OCc2ccc3ccccc3c2)C=CC=C(Cc2cn[nH]n2)C1Cl. The van der Waals surface area contributed by atoms with E-state index in [9.17, 15) is 9.90 Å². The summed E-state index contributed by atoms with van der Waals surface area (Å²) in [6, 6.07) is 14.5. The number of aromatic amines is 1. The molecular formula is C26H27ClN4O3. The molecule has 1 aliphatic carbocycles. The predicted octanol–water partition coefficient (Wildman–Crippen LogP) is 3.87. The van der Waals surface area contributed by atoms with Crippen molar-refractivity contribution in [3.8, 4) is 0 Å². The van der Waals surface area contributed by atoms with E-state index in [1.165, 1.54) is 5.39 Å². The third-order valence-electron chi connectivity index (χ3n) is 6.97. The molecule has 0 radical (unpaired) electrons. The Kier molecular flexibility index (Phi) is 6.50. The summed E-state index contributed by atoms with van der Waals surface area (Å²) in [5.41, 5.74) is 1.32. The second-order valence-corrected chi connectivity index (χ2v) is 9.41. The lowest BCUT2D eigenvalue weighted by atomic mass is 9.64. The first-order valence-corrected chi connectivity index (χ1v) is 11.9. The molecule has 0 bridgehead atoms. The van der Waals surface area contributed by atoms with Gasteiger partial charge < -0.3 is 15.2 Å². The first-order valence-electron chi connectivity index (χ1n) is 11.5. The molecule has 3 N–H and O–H groups in total. The van der Waals surface area contributed by atoms with Crippen LogP contribution in [0.5, 0.6) is 0 Å². The average molecular weight is 479 g/mol. The number of carboxylic acids is 1. The highest BCUT2D eigenvalue weighted by Gasteiger charge is 2.54. The Labute approximate surface area is 202 Å². The van der Waals surface area contributed by atoms with E-state index in [0.29, 0.717) is 26.0 Å². The van der Waals surface area contributed by atoms with Crippen molar-refractivity contribution in [3.63, 3.8) is 0 Å². The molecule has 2 aliphatic rings. The highest BCUT2D eigenvalue weighted by molar-refractivity contribution is 6.25. The van der Waals surface area contributed by atoms with Gasteiger partial charge in [0.25, 0.3) is 0 Å². The van der Waals surface area contributed by atoms with Gasteiger partial charge in [0.15, 0.2) is 0 Å². The van der Waals surface area contributed by atoms with Crippen LogP contribution in [0.3, 0.4) is 0 Å². The lowest BCUT2D eigenvalue weighted by Gasteiger charge is -2.46. The van der Waals surface area contributed by atoms with Gasteiger partial charge in [-0.1, -0.05) is 54.6 Å². The fourth-order valence-electron chi connectivity index (χ4n) is 5.21. The van der Waals surface area contributed by atoms with E-state index >= 15 is 0 Å². The summed E-state index contributed by atoms with van der Waals surface area (Å²) in [7, 11) is 0. The average Bonchev–Trinajstić information content (AvgIpc) is 3.37. The number of rotatable bonds is 7. The van der Waals surface area contributed by atoms with Crippen LogP contribution in [0.15, 0.2) is 72.5 Å². The lowest BCUT2D eigenvalue weighted by molar-refractivity contribution is -0.154. The number of piperidine rings is 1. The van der Waals surface area contributed by atoms with Gasteiger partial charge in [0.05, 0.1) is 30.0 Å². The number of H-pyrrole nitrogens is 1. The van der Waals surface area contributed by atoms with Gasteiger partial charge in [0.1, 0.15) is 5.41 Å². The number of hydrogen-bond donors (Lipinski definition) is 3. The van der Waals surface area contributed by atoms with Gasteiger partial charge in [-0.2, -0.15) is 15.4 Å². The van der Waals surface area contributed by atoms with Crippen LogP contribution in [0.25, 0.3) is 10.8 Å². The van der Waals surface area contributed by atoms with E-state index in [-0.39, 0.29) is 12.0 Å². The van der Waals surface area contributed by atoms with Crippen molar-refractivity contribution >= 4 is 28.3 Å². The number of nitrogens with one attached hydrogen (secondary N) is 2. The molecule has 34 heavy (non-hydrogen) atoms. The molecule has 0 amide bonds. The normalized spacial score (nSPS) is 27.0. The standard InChI is InChI=1S/C26H27ClN4O3/c27-24-20(13-21-14-29-31-30-21)6-3-10-26(24,25(32)33)22-9-11-28-15-23(22)34-16-17-7-8-18-4-1-2-5-19(18)12-17/h1-8,10,12,14,22-24,28H,9,11,13,15-16H2,(H,32,33)(H,29,30,31). The number of allylic oxidation sites excluding steroid dienone is 3. The second-order valence-electron chi connectivity index (χ2n) is 8.97. The highest BCUT2D eigenvalue weighted by atomic mass is 35.5.